The van der Waals surface area contributed by atoms with Crippen LogP contribution in [-0.4, -0.2) is 22.2 Å². The van der Waals surface area contributed by atoms with Gasteiger partial charge in [0.05, 0.1) is 11.1 Å². The summed E-state index contributed by atoms with van der Waals surface area (Å²) in [6.45, 7) is 0. The van der Waals surface area contributed by atoms with Crippen molar-refractivity contribution in [1.82, 2.24) is 0 Å². The van der Waals surface area contributed by atoms with Gasteiger partial charge in [0.25, 0.3) is 0 Å². The second-order valence-electron chi connectivity index (χ2n) is 5.69. The zero-order valence-corrected chi connectivity index (χ0v) is 15.1. The van der Waals surface area contributed by atoms with Crippen molar-refractivity contribution in [3.63, 3.8) is 0 Å². The van der Waals surface area contributed by atoms with Crippen molar-refractivity contribution in [3.05, 3.63) is 120 Å². The van der Waals surface area contributed by atoms with Gasteiger partial charge >= 0.3 is 11.9 Å². The molecule has 0 amide bonds. The Balaban J connectivity index is 0.000000151. The third-order valence-corrected chi connectivity index (χ3v) is 3.70. The van der Waals surface area contributed by atoms with Crippen LogP contribution < -0.4 is 0 Å². The lowest BCUT2D eigenvalue weighted by atomic mass is 10.1. The van der Waals surface area contributed by atoms with Gasteiger partial charge in [-0.2, -0.15) is 0 Å². The van der Waals surface area contributed by atoms with Crippen molar-refractivity contribution in [2.45, 2.75) is 0 Å². The molecule has 0 spiro atoms. The quantitative estimate of drug-likeness (QED) is 0.480. The van der Waals surface area contributed by atoms with Crippen molar-refractivity contribution >= 4 is 22.7 Å². The molecule has 140 valence electrons. The van der Waals surface area contributed by atoms with Crippen LogP contribution in [0, 0.1) is 0 Å². The molecule has 4 heteroatoms. The lowest BCUT2D eigenvalue weighted by Crippen LogP contribution is -1.93. The number of rotatable bonds is 2. The second-order valence-corrected chi connectivity index (χ2v) is 5.69. The highest BCUT2D eigenvalue weighted by molar-refractivity contribution is 5.87. The van der Waals surface area contributed by atoms with Crippen LogP contribution in [0.1, 0.15) is 20.7 Å². The molecule has 0 aliphatic heterocycles. The van der Waals surface area contributed by atoms with Crippen molar-refractivity contribution < 1.29 is 19.8 Å². The Morgan fingerprint density at radius 2 is 0.679 bits per heavy atom. The van der Waals surface area contributed by atoms with Crippen LogP contribution in [0.5, 0.6) is 0 Å². The molecular weight excluding hydrogens is 352 g/mol. The average molecular weight is 372 g/mol. The van der Waals surface area contributed by atoms with E-state index in [1.807, 2.05) is 0 Å². The number of carboxylic acids is 2. The number of aromatic carboxylic acids is 2. The van der Waals surface area contributed by atoms with Crippen LogP contribution in [-0.2, 0) is 0 Å². The molecule has 0 unspecified atom stereocenters. The van der Waals surface area contributed by atoms with Gasteiger partial charge in [-0.25, -0.2) is 9.59 Å². The van der Waals surface area contributed by atoms with Gasteiger partial charge in [0.2, 0.25) is 0 Å². The highest BCUT2D eigenvalue weighted by atomic mass is 16.4. The van der Waals surface area contributed by atoms with Gasteiger partial charge in [-0.05, 0) is 35.0 Å². The van der Waals surface area contributed by atoms with Crippen molar-refractivity contribution in [3.8, 4) is 0 Å². The van der Waals surface area contributed by atoms with Gasteiger partial charge in [-0.3, -0.25) is 0 Å². The Morgan fingerprint density at radius 3 is 0.893 bits per heavy atom. The van der Waals surface area contributed by atoms with E-state index in [9.17, 15) is 9.59 Å². The minimum Gasteiger partial charge on any atom is -0.478 e. The Hall–Kier alpha value is -3.92. The molecule has 0 aliphatic carbocycles. The molecule has 4 aromatic rings. The van der Waals surface area contributed by atoms with Crippen LogP contribution in [0.2, 0.25) is 0 Å². The van der Waals surface area contributed by atoms with Crippen molar-refractivity contribution in [2.75, 3.05) is 0 Å². The van der Waals surface area contributed by atoms with E-state index in [1.54, 1.807) is 60.7 Å². The third kappa shape index (κ3) is 6.77. The lowest BCUT2D eigenvalue weighted by molar-refractivity contribution is 0.0686. The molecular formula is C24H20O4. The van der Waals surface area contributed by atoms with E-state index >= 15 is 0 Å². The van der Waals surface area contributed by atoms with Gasteiger partial charge < -0.3 is 10.2 Å². The van der Waals surface area contributed by atoms with Crippen LogP contribution in [0.15, 0.2) is 109 Å². The first-order valence-electron chi connectivity index (χ1n) is 8.58. The maximum atomic E-state index is 10.2. The van der Waals surface area contributed by atoms with Crippen LogP contribution in [0.4, 0.5) is 0 Å². The predicted octanol–water partition coefficient (Wildman–Crippen LogP) is 5.61. The van der Waals surface area contributed by atoms with E-state index in [-0.39, 0.29) is 0 Å². The van der Waals surface area contributed by atoms with Crippen molar-refractivity contribution in [1.29, 1.82) is 0 Å². The van der Waals surface area contributed by atoms with E-state index in [0.29, 0.717) is 11.1 Å². The standard InChI is InChI=1S/C10H8.2C7H6O2/c1-2-6-10-8-4-3-7-9(10)5-1;2*8-7(9)6-4-2-1-3-5-6/h1-8H;2*1-5H,(H,8,9). The minimum absolute atomic E-state index is 0.331. The van der Waals surface area contributed by atoms with Gasteiger partial charge in [0.15, 0.2) is 0 Å². The SMILES string of the molecule is O=C(O)c1ccccc1.O=C(O)c1ccccc1.c1ccc2ccccc2c1. The molecule has 0 saturated heterocycles. The van der Waals surface area contributed by atoms with E-state index in [1.165, 1.54) is 10.8 Å². The maximum absolute atomic E-state index is 10.2. The van der Waals surface area contributed by atoms with Gasteiger partial charge in [-0.1, -0.05) is 84.9 Å². The molecule has 4 nitrogen and oxygen atoms in total. The Kier molecular flexibility index (Phi) is 7.96. The molecule has 28 heavy (non-hydrogen) atoms. The number of hydrogen-bond acceptors (Lipinski definition) is 2. The van der Waals surface area contributed by atoms with Gasteiger partial charge in [0.1, 0.15) is 0 Å². The summed E-state index contributed by atoms with van der Waals surface area (Å²) < 4.78 is 0. The monoisotopic (exact) mass is 372 g/mol. The summed E-state index contributed by atoms with van der Waals surface area (Å²) in [7, 11) is 0. The fourth-order valence-electron chi connectivity index (χ4n) is 2.29. The minimum atomic E-state index is -0.879. The number of carbonyl (C=O) groups is 2. The van der Waals surface area contributed by atoms with Crippen molar-refractivity contribution in [2.24, 2.45) is 0 Å². The summed E-state index contributed by atoms with van der Waals surface area (Å²) in [5, 5.41) is 19.4. The van der Waals surface area contributed by atoms with Crippen LogP contribution in [0.25, 0.3) is 10.8 Å². The molecule has 0 saturated carbocycles. The summed E-state index contributed by atoms with van der Waals surface area (Å²) in [5.74, 6) is -1.76. The molecule has 0 fully saturated rings. The molecule has 2 N–H and O–H groups in total. The van der Waals surface area contributed by atoms with E-state index in [2.05, 4.69) is 48.5 Å². The highest BCUT2D eigenvalue weighted by Crippen LogP contribution is 2.11. The normalized spacial score (nSPS) is 9.29. The maximum Gasteiger partial charge on any atom is 0.335 e. The molecule has 0 atom stereocenters. The van der Waals surface area contributed by atoms with Gasteiger partial charge in [-0.15, -0.1) is 0 Å². The third-order valence-electron chi connectivity index (χ3n) is 3.70. The summed E-state index contributed by atoms with van der Waals surface area (Å²) in [5.41, 5.74) is 0.662. The Bertz CT molecular complexity index is 897. The first kappa shape index (κ1) is 20.4. The Labute approximate surface area is 163 Å². The summed E-state index contributed by atoms with van der Waals surface area (Å²) in [4.78, 5) is 20.4. The number of carboxylic acid groups (broad SMARTS) is 2. The smallest absolute Gasteiger partial charge is 0.335 e. The molecule has 4 rings (SSSR count). The first-order valence-corrected chi connectivity index (χ1v) is 8.58. The largest absolute Gasteiger partial charge is 0.478 e. The fourth-order valence-corrected chi connectivity index (χ4v) is 2.29. The van der Waals surface area contributed by atoms with Crippen LogP contribution >= 0.6 is 0 Å². The molecule has 0 aromatic heterocycles. The number of fused-ring (bicyclic) bond motifs is 1. The topological polar surface area (TPSA) is 74.6 Å². The zero-order chi connectivity index (χ0) is 20.2. The van der Waals surface area contributed by atoms with Crippen LogP contribution in [0.3, 0.4) is 0 Å². The van der Waals surface area contributed by atoms with Gasteiger partial charge in [0, 0.05) is 0 Å². The molecule has 0 heterocycles. The van der Waals surface area contributed by atoms with E-state index in [4.69, 9.17) is 10.2 Å². The lowest BCUT2D eigenvalue weighted by Gasteiger charge is -1.92. The highest BCUT2D eigenvalue weighted by Gasteiger charge is 1.97. The number of benzene rings is 4. The first-order chi connectivity index (χ1) is 13.6. The van der Waals surface area contributed by atoms with E-state index < -0.39 is 11.9 Å². The summed E-state index contributed by atoms with van der Waals surface area (Å²) in [6, 6.07) is 33.3. The number of hydrogen-bond donors (Lipinski definition) is 2. The summed E-state index contributed by atoms with van der Waals surface area (Å²) in [6.07, 6.45) is 0. The molecule has 0 radical (unpaired) electrons. The second kappa shape index (κ2) is 10.9. The zero-order valence-electron chi connectivity index (χ0n) is 15.1. The predicted molar refractivity (Wildman–Crippen MR) is 111 cm³/mol. The fraction of sp³-hybridized carbons (Fsp3) is 0. The molecule has 0 aliphatic rings. The van der Waals surface area contributed by atoms with E-state index in [0.717, 1.165) is 0 Å². The molecule has 0 bridgehead atoms. The molecule has 4 aromatic carbocycles. The average Bonchev–Trinajstić information content (AvgIpc) is 2.76. The Morgan fingerprint density at radius 1 is 0.429 bits per heavy atom. The summed E-state index contributed by atoms with van der Waals surface area (Å²) >= 11 is 0.